The molecule has 1 aromatic rings. The van der Waals surface area contributed by atoms with Crippen molar-refractivity contribution in [2.24, 2.45) is 11.8 Å². The lowest BCUT2D eigenvalue weighted by Gasteiger charge is -2.18. The summed E-state index contributed by atoms with van der Waals surface area (Å²) in [4.78, 5) is 50.9. The van der Waals surface area contributed by atoms with Crippen LogP contribution in [-0.2, 0) is 19.2 Å². The van der Waals surface area contributed by atoms with E-state index in [0.717, 1.165) is 17.0 Å². The summed E-state index contributed by atoms with van der Waals surface area (Å²) in [7, 11) is 0. The SMILES string of the molecule is CC1C(=O)N(CC(=O)Nc2cccc(N3CCCC3=O)c2)C(=O)C1C. The molecule has 2 fully saturated rings. The summed E-state index contributed by atoms with van der Waals surface area (Å²) in [6, 6.07) is 7.00. The van der Waals surface area contributed by atoms with Gasteiger partial charge in [-0.05, 0) is 24.6 Å². The minimum Gasteiger partial charge on any atom is -0.324 e. The molecule has 7 heteroatoms. The van der Waals surface area contributed by atoms with E-state index in [1.165, 1.54) is 0 Å². The lowest BCUT2D eigenvalue weighted by Crippen LogP contribution is -2.38. The van der Waals surface area contributed by atoms with E-state index in [0.29, 0.717) is 18.7 Å². The zero-order chi connectivity index (χ0) is 18.1. The van der Waals surface area contributed by atoms with E-state index in [-0.39, 0.29) is 24.3 Å². The minimum atomic E-state index is -0.437. The fourth-order valence-corrected chi connectivity index (χ4v) is 3.20. The number of anilines is 2. The van der Waals surface area contributed by atoms with Gasteiger partial charge in [-0.15, -0.1) is 0 Å². The molecular weight excluding hydrogens is 322 g/mol. The summed E-state index contributed by atoms with van der Waals surface area (Å²) >= 11 is 0. The third-order valence-corrected chi connectivity index (χ3v) is 4.88. The molecule has 0 radical (unpaired) electrons. The van der Waals surface area contributed by atoms with Crippen molar-refractivity contribution in [2.45, 2.75) is 26.7 Å². The fourth-order valence-electron chi connectivity index (χ4n) is 3.20. The van der Waals surface area contributed by atoms with Gasteiger partial charge in [0.1, 0.15) is 6.54 Å². The van der Waals surface area contributed by atoms with Gasteiger partial charge in [0, 0.05) is 36.2 Å². The highest BCUT2D eigenvalue weighted by Gasteiger charge is 2.42. The average Bonchev–Trinajstić information content (AvgIpc) is 3.09. The Morgan fingerprint density at radius 2 is 1.84 bits per heavy atom. The molecule has 2 atom stereocenters. The van der Waals surface area contributed by atoms with Crippen LogP contribution in [0.5, 0.6) is 0 Å². The van der Waals surface area contributed by atoms with Crippen LogP contribution in [0.15, 0.2) is 24.3 Å². The van der Waals surface area contributed by atoms with Crippen molar-refractivity contribution in [1.29, 1.82) is 0 Å². The quantitative estimate of drug-likeness (QED) is 0.837. The van der Waals surface area contributed by atoms with Gasteiger partial charge in [-0.1, -0.05) is 19.9 Å². The van der Waals surface area contributed by atoms with Crippen LogP contribution in [0.3, 0.4) is 0 Å². The monoisotopic (exact) mass is 343 g/mol. The van der Waals surface area contributed by atoms with Crippen molar-refractivity contribution < 1.29 is 19.2 Å². The first-order chi connectivity index (χ1) is 11.9. The molecule has 25 heavy (non-hydrogen) atoms. The summed E-state index contributed by atoms with van der Waals surface area (Å²) in [5.74, 6) is -1.80. The highest BCUT2D eigenvalue weighted by molar-refractivity contribution is 6.08. The Labute approximate surface area is 146 Å². The van der Waals surface area contributed by atoms with Crippen molar-refractivity contribution >= 4 is 35.0 Å². The number of rotatable bonds is 4. The van der Waals surface area contributed by atoms with E-state index in [1.807, 2.05) is 6.07 Å². The van der Waals surface area contributed by atoms with Gasteiger partial charge < -0.3 is 10.2 Å². The second-order valence-corrected chi connectivity index (χ2v) is 6.59. The molecule has 4 amide bonds. The van der Waals surface area contributed by atoms with Crippen LogP contribution in [0.1, 0.15) is 26.7 Å². The second-order valence-electron chi connectivity index (χ2n) is 6.59. The number of likely N-dealkylation sites (tertiary alicyclic amines) is 1. The highest BCUT2D eigenvalue weighted by Crippen LogP contribution is 2.26. The molecule has 0 spiro atoms. The molecule has 0 aliphatic carbocycles. The number of carbonyl (C=O) groups excluding carboxylic acids is 4. The summed E-state index contributed by atoms with van der Waals surface area (Å²) in [5.41, 5.74) is 1.26. The van der Waals surface area contributed by atoms with Gasteiger partial charge in [0.2, 0.25) is 23.6 Å². The maximum Gasteiger partial charge on any atom is 0.244 e. The van der Waals surface area contributed by atoms with E-state index < -0.39 is 17.7 Å². The van der Waals surface area contributed by atoms with Gasteiger partial charge in [-0.3, -0.25) is 24.1 Å². The van der Waals surface area contributed by atoms with Gasteiger partial charge in [0.25, 0.3) is 0 Å². The standard InChI is InChI=1S/C18H21N3O4/c1-11-12(2)18(25)21(17(11)24)10-15(22)19-13-5-3-6-14(9-13)20-8-4-7-16(20)23/h3,5-6,9,11-12H,4,7-8,10H2,1-2H3,(H,19,22). The molecule has 2 heterocycles. The normalized spacial score (nSPS) is 23.5. The van der Waals surface area contributed by atoms with Crippen LogP contribution in [0.25, 0.3) is 0 Å². The van der Waals surface area contributed by atoms with E-state index in [2.05, 4.69) is 5.32 Å². The lowest BCUT2D eigenvalue weighted by atomic mass is 10.00. The first-order valence-corrected chi connectivity index (χ1v) is 8.44. The number of nitrogens with zero attached hydrogens (tertiary/aromatic N) is 2. The highest BCUT2D eigenvalue weighted by atomic mass is 16.2. The van der Waals surface area contributed by atoms with Crippen LogP contribution >= 0.6 is 0 Å². The Kier molecular flexibility index (Phi) is 4.57. The number of carbonyl (C=O) groups is 4. The van der Waals surface area contributed by atoms with Crippen LogP contribution in [0, 0.1) is 11.8 Å². The molecule has 2 aliphatic heterocycles. The Balaban J connectivity index is 1.66. The summed E-state index contributed by atoms with van der Waals surface area (Å²) in [6.45, 7) is 3.76. The Morgan fingerprint density at radius 3 is 2.44 bits per heavy atom. The average molecular weight is 343 g/mol. The van der Waals surface area contributed by atoms with Gasteiger partial charge in [0.15, 0.2) is 0 Å². The Bertz CT molecular complexity index is 726. The largest absolute Gasteiger partial charge is 0.324 e. The summed E-state index contributed by atoms with van der Waals surface area (Å²) in [6.07, 6.45) is 1.36. The zero-order valence-corrected chi connectivity index (χ0v) is 14.3. The van der Waals surface area contributed by atoms with E-state index in [9.17, 15) is 19.2 Å². The smallest absolute Gasteiger partial charge is 0.244 e. The molecule has 7 nitrogen and oxygen atoms in total. The van der Waals surface area contributed by atoms with Crippen molar-refractivity contribution in [1.82, 2.24) is 4.90 Å². The molecule has 2 aliphatic rings. The van der Waals surface area contributed by atoms with Crippen LogP contribution in [0.2, 0.25) is 0 Å². The van der Waals surface area contributed by atoms with Crippen molar-refractivity contribution in [2.75, 3.05) is 23.3 Å². The van der Waals surface area contributed by atoms with E-state index in [4.69, 9.17) is 0 Å². The number of benzene rings is 1. The molecule has 3 rings (SSSR count). The number of amides is 4. The van der Waals surface area contributed by atoms with Crippen LogP contribution in [-0.4, -0.2) is 41.6 Å². The topological polar surface area (TPSA) is 86.8 Å². The van der Waals surface area contributed by atoms with Gasteiger partial charge >= 0.3 is 0 Å². The van der Waals surface area contributed by atoms with Crippen molar-refractivity contribution in [3.05, 3.63) is 24.3 Å². The second kappa shape index (κ2) is 6.66. The third-order valence-electron chi connectivity index (χ3n) is 4.88. The molecule has 1 aromatic carbocycles. The van der Waals surface area contributed by atoms with Gasteiger partial charge in [-0.2, -0.15) is 0 Å². The number of nitrogens with one attached hydrogen (secondary N) is 1. The first kappa shape index (κ1) is 17.1. The minimum absolute atomic E-state index is 0.0692. The van der Waals surface area contributed by atoms with Crippen LogP contribution < -0.4 is 10.2 Å². The molecule has 0 aromatic heterocycles. The van der Waals surface area contributed by atoms with Crippen molar-refractivity contribution in [3.8, 4) is 0 Å². The van der Waals surface area contributed by atoms with E-state index >= 15 is 0 Å². The fraction of sp³-hybridized carbons (Fsp3) is 0.444. The molecule has 2 saturated heterocycles. The number of imide groups is 1. The van der Waals surface area contributed by atoms with Gasteiger partial charge in [0.05, 0.1) is 0 Å². The third kappa shape index (κ3) is 3.26. The molecule has 1 N–H and O–H groups in total. The Morgan fingerprint density at radius 1 is 1.16 bits per heavy atom. The predicted octanol–water partition coefficient (Wildman–Crippen LogP) is 1.39. The zero-order valence-electron chi connectivity index (χ0n) is 14.3. The van der Waals surface area contributed by atoms with Crippen molar-refractivity contribution in [3.63, 3.8) is 0 Å². The molecule has 0 saturated carbocycles. The summed E-state index contributed by atoms with van der Waals surface area (Å²) in [5, 5.41) is 2.70. The molecular formula is C18H21N3O4. The first-order valence-electron chi connectivity index (χ1n) is 8.44. The Hall–Kier alpha value is -2.70. The number of hydrogen-bond acceptors (Lipinski definition) is 4. The van der Waals surface area contributed by atoms with Crippen LogP contribution in [0.4, 0.5) is 11.4 Å². The van der Waals surface area contributed by atoms with Gasteiger partial charge in [-0.25, -0.2) is 0 Å². The molecule has 0 bridgehead atoms. The van der Waals surface area contributed by atoms with E-state index in [1.54, 1.807) is 36.9 Å². The number of hydrogen-bond donors (Lipinski definition) is 1. The predicted molar refractivity (Wildman–Crippen MR) is 91.7 cm³/mol. The summed E-state index contributed by atoms with van der Waals surface area (Å²) < 4.78 is 0. The maximum absolute atomic E-state index is 12.2. The lowest BCUT2D eigenvalue weighted by molar-refractivity contribution is -0.142. The molecule has 132 valence electrons. The maximum atomic E-state index is 12.2. The molecule has 2 unspecified atom stereocenters.